The first-order valence-electron chi connectivity index (χ1n) is 13.1. The molecule has 1 N–H and O–H groups in total. The topological polar surface area (TPSA) is 37.3 Å². The van der Waals surface area contributed by atoms with Crippen molar-refractivity contribution in [3.05, 3.63) is 11.6 Å². The monoisotopic (exact) mass is 414 g/mol. The highest BCUT2D eigenvalue weighted by atomic mass is 16.3. The Hall–Kier alpha value is -0.630. The molecule has 0 aromatic heterocycles. The molecule has 0 saturated heterocycles. The fourth-order valence-corrected chi connectivity index (χ4v) is 8.87. The summed E-state index contributed by atoms with van der Waals surface area (Å²) in [6, 6.07) is 0. The van der Waals surface area contributed by atoms with Crippen LogP contribution < -0.4 is 0 Å². The number of rotatable bonds is 6. The summed E-state index contributed by atoms with van der Waals surface area (Å²) in [6.07, 6.45) is 15.7. The molecule has 4 rings (SSSR count). The summed E-state index contributed by atoms with van der Waals surface area (Å²) in [6.45, 7) is 12.3. The minimum Gasteiger partial charge on any atom is -0.392 e. The van der Waals surface area contributed by atoms with Gasteiger partial charge in [-0.25, -0.2) is 0 Å². The van der Waals surface area contributed by atoms with Crippen LogP contribution in [0.25, 0.3) is 0 Å². The van der Waals surface area contributed by atoms with Crippen molar-refractivity contribution < 1.29 is 9.90 Å². The molecule has 0 heterocycles. The van der Waals surface area contributed by atoms with Gasteiger partial charge in [0.25, 0.3) is 0 Å². The van der Waals surface area contributed by atoms with Gasteiger partial charge in [0.2, 0.25) is 0 Å². The van der Waals surface area contributed by atoms with Crippen molar-refractivity contribution in [2.45, 2.75) is 105 Å². The number of hydrogen-bond donors (Lipinski definition) is 1. The molecule has 0 amide bonds. The highest BCUT2D eigenvalue weighted by molar-refractivity contribution is 5.56. The van der Waals surface area contributed by atoms with Gasteiger partial charge in [-0.15, -0.1) is 0 Å². The highest BCUT2D eigenvalue weighted by Gasteiger charge is 2.59. The van der Waals surface area contributed by atoms with Gasteiger partial charge >= 0.3 is 0 Å². The second-order valence-corrected chi connectivity index (χ2v) is 12.5. The van der Waals surface area contributed by atoms with Crippen molar-refractivity contribution in [2.24, 2.45) is 52.3 Å². The molecule has 0 aromatic rings. The number of fused-ring (bicyclic) bond motifs is 5. The van der Waals surface area contributed by atoms with Gasteiger partial charge in [0.05, 0.1) is 6.10 Å². The Kier molecular flexibility index (Phi) is 6.30. The Morgan fingerprint density at radius 3 is 2.43 bits per heavy atom. The summed E-state index contributed by atoms with van der Waals surface area (Å²) >= 11 is 0. The molecule has 170 valence electrons. The van der Waals surface area contributed by atoms with Crippen LogP contribution in [0.1, 0.15) is 98.8 Å². The maximum Gasteiger partial charge on any atom is 0.125 e. The van der Waals surface area contributed by atoms with Gasteiger partial charge < -0.3 is 9.90 Å². The van der Waals surface area contributed by atoms with Gasteiger partial charge in [-0.3, -0.25) is 0 Å². The largest absolute Gasteiger partial charge is 0.392 e. The zero-order valence-corrected chi connectivity index (χ0v) is 20.2. The van der Waals surface area contributed by atoms with E-state index in [9.17, 15) is 9.90 Å². The molecule has 0 bridgehead atoms. The number of aldehydes is 1. The first-order valence-corrected chi connectivity index (χ1v) is 13.1. The molecule has 0 spiro atoms. The summed E-state index contributed by atoms with van der Waals surface area (Å²) in [5.41, 5.74) is 2.44. The van der Waals surface area contributed by atoms with Gasteiger partial charge in [-0.1, -0.05) is 65.5 Å². The van der Waals surface area contributed by atoms with Crippen molar-refractivity contribution in [1.29, 1.82) is 0 Å². The maximum absolute atomic E-state index is 11.8. The van der Waals surface area contributed by atoms with Crippen molar-refractivity contribution in [1.82, 2.24) is 0 Å². The summed E-state index contributed by atoms with van der Waals surface area (Å²) in [7, 11) is 0. The van der Waals surface area contributed by atoms with Crippen LogP contribution in [0, 0.1) is 52.3 Å². The van der Waals surface area contributed by atoms with Crippen LogP contribution in [0.5, 0.6) is 0 Å². The summed E-state index contributed by atoms with van der Waals surface area (Å²) in [4.78, 5) is 11.8. The van der Waals surface area contributed by atoms with E-state index in [1.54, 1.807) is 5.57 Å². The van der Waals surface area contributed by atoms with E-state index in [-0.39, 0.29) is 11.3 Å². The van der Waals surface area contributed by atoms with E-state index in [4.69, 9.17) is 0 Å². The van der Waals surface area contributed by atoms with Crippen molar-refractivity contribution in [3.63, 3.8) is 0 Å². The Balaban J connectivity index is 1.53. The van der Waals surface area contributed by atoms with Crippen LogP contribution in [-0.4, -0.2) is 17.5 Å². The molecule has 2 nitrogen and oxygen atoms in total. The number of hydrogen-bond acceptors (Lipinski definition) is 2. The van der Waals surface area contributed by atoms with Crippen LogP contribution in [0.3, 0.4) is 0 Å². The molecule has 2 heteroatoms. The van der Waals surface area contributed by atoms with Crippen LogP contribution in [0.4, 0.5) is 0 Å². The quantitative estimate of drug-likeness (QED) is 0.383. The average Bonchev–Trinajstić information content (AvgIpc) is 3.05. The van der Waals surface area contributed by atoms with Crippen LogP contribution >= 0.6 is 0 Å². The van der Waals surface area contributed by atoms with Gasteiger partial charge in [0.1, 0.15) is 6.29 Å². The van der Waals surface area contributed by atoms with Crippen molar-refractivity contribution in [2.75, 3.05) is 0 Å². The van der Waals surface area contributed by atoms with E-state index < -0.39 is 6.10 Å². The SMILES string of the molecule is CC(C)CCC[C@@H](C)[C@H]1CC[C@H]2C3=CC[C@H]4[C@H](C=O)[C@@H](O)CC[C@]4(C)C3CC[C@]12C. The summed E-state index contributed by atoms with van der Waals surface area (Å²) in [5.74, 6) is 4.11. The predicted molar refractivity (Wildman–Crippen MR) is 124 cm³/mol. The molecule has 9 atom stereocenters. The van der Waals surface area contributed by atoms with E-state index in [0.29, 0.717) is 17.3 Å². The third-order valence-electron chi connectivity index (χ3n) is 10.6. The molecule has 0 radical (unpaired) electrons. The van der Waals surface area contributed by atoms with Gasteiger partial charge in [0.15, 0.2) is 0 Å². The Labute approximate surface area is 185 Å². The fourth-order valence-electron chi connectivity index (χ4n) is 8.87. The first kappa shape index (κ1) is 22.6. The second kappa shape index (κ2) is 8.38. The molecular weight excluding hydrogens is 368 g/mol. The van der Waals surface area contributed by atoms with E-state index in [0.717, 1.165) is 49.2 Å². The Bertz CT molecular complexity index is 666. The molecule has 30 heavy (non-hydrogen) atoms. The lowest BCUT2D eigenvalue weighted by molar-refractivity contribution is -0.129. The van der Waals surface area contributed by atoms with Gasteiger partial charge in [-0.05, 0) is 91.3 Å². The zero-order valence-electron chi connectivity index (χ0n) is 20.2. The van der Waals surface area contributed by atoms with E-state index in [1.165, 1.54) is 44.9 Å². The summed E-state index contributed by atoms with van der Waals surface area (Å²) in [5, 5.41) is 10.5. The average molecular weight is 415 g/mol. The molecule has 0 aliphatic heterocycles. The number of carbonyl (C=O) groups is 1. The first-order chi connectivity index (χ1) is 14.2. The van der Waals surface area contributed by atoms with Crippen LogP contribution in [-0.2, 0) is 4.79 Å². The minimum atomic E-state index is -0.424. The number of aliphatic hydroxyl groups is 1. The smallest absolute Gasteiger partial charge is 0.125 e. The molecule has 4 aliphatic rings. The molecule has 0 aromatic carbocycles. The molecule has 3 saturated carbocycles. The lowest BCUT2D eigenvalue weighted by Gasteiger charge is -2.59. The third-order valence-corrected chi connectivity index (χ3v) is 10.6. The van der Waals surface area contributed by atoms with Gasteiger partial charge in [-0.2, -0.15) is 0 Å². The summed E-state index contributed by atoms with van der Waals surface area (Å²) < 4.78 is 0. The second-order valence-electron chi connectivity index (χ2n) is 12.5. The standard InChI is InChI=1S/C28H46O2/c1-18(2)7-6-8-19(3)22-11-12-23-20-9-10-24-21(17-29)26(30)14-16-28(24,5)25(20)13-15-27(22,23)4/h9,17-19,21-26,30H,6-8,10-16H2,1-5H3/t19-,21+,22-,23+,24+,25?,26+,27-,28+/m1/s1. The van der Waals surface area contributed by atoms with E-state index in [2.05, 4.69) is 40.7 Å². The van der Waals surface area contributed by atoms with E-state index in [1.807, 2.05) is 0 Å². The molecular formula is C28H46O2. The lowest BCUT2D eigenvalue weighted by atomic mass is 9.46. The highest BCUT2D eigenvalue weighted by Crippen LogP contribution is 2.67. The van der Waals surface area contributed by atoms with Crippen LogP contribution in [0.2, 0.25) is 0 Å². The number of carbonyl (C=O) groups excluding carboxylic acids is 1. The zero-order chi connectivity index (χ0) is 21.7. The molecule has 4 aliphatic carbocycles. The normalized spacial score (nSPS) is 46.6. The Morgan fingerprint density at radius 1 is 1.03 bits per heavy atom. The third kappa shape index (κ3) is 3.54. The predicted octanol–water partition coefficient (Wildman–Crippen LogP) is 6.81. The molecule has 1 unspecified atom stereocenters. The van der Waals surface area contributed by atoms with Crippen molar-refractivity contribution >= 4 is 6.29 Å². The lowest BCUT2D eigenvalue weighted by Crippen LogP contribution is -2.53. The van der Waals surface area contributed by atoms with E-state index >= 15 is 0 Å². The van der Waals surface area contributed by atoms with Crippen LogP contribution in [0.15, 0.2) is 11.6 Å². The maximum atomic E-state index is 11.8. The minimum absolute atomic E-state index is 0.160. The number of allylic oxidation sites excluding steroid dienone is 2. The Morgan fingerprint density at radius 2 is 1.73 bits per heavy atom. The van der Waals surface area contributed by atoms with Crippen molar-refractivity contribution in [3.8, 4) is 0 Å². The fraction of sp³-hybridized carbons (Fsp3) is 0.893. The van der Waals surface area contributed by atoms with Gasteiger partial charge in [0, 0.05) is 5.92 Å². The molecule has 3 fully saturated rings. The number of aliphatic hydroxyl groups excluding tert-OH is 1.